The van der Waals surface area contributed by atoms with Crippen molar-refractivity contribution in [2.45, 2.75) is 26.2 Å². The molecule has 0 saturated carbocycles. The van der Waals surface area contributed by atoms with Crippen molar-refractivity contribution in [2.24, 2.45) is 0 Å². The smallest absolute Gasteiger partial charge is 0.244 e. The van der Waals surface area contributed by atoms with E-state index in [0.717, 1.165) is 0 Å². The number of rotatable bonds is 2. The van der Waals surface area contributed by atoms with Crippen LogP contribution in [0.2, 0.25) is 0 Å². The van der Waals surface area contributed by atoms with Crippen molar-refractivity contribution < 1.29 is 9.47 Å². The number of aromatic nitrogens is 2. The van der Waals surface area contributed by atoms with Gasteiger partial charge in [-0.3, -0.25) is 0 Å². The Morgan fingerprint density at radius 1 is 1.00 bits per heavy atom. The van der Waals surface area contributed by atoms with Gasteiger partial charge in [-0.1, -0.05) is 20.8 Å². The average molecular weight is 211 g/mol. The van der Waals surface area contributed by atoms with Crippen molar-refractivity contribution >= 4 is 5.69 Å². The maximum atomic E-state index is 5.74. The summed E-state index contributed by atoms with van der Waals surface area (Å²) in [5.74, 6) is 1.35. The first-order chi connectivity index (χ1) is 6.90. The summed E-state index contributed by atoms with van der Waals surface area (Å²) in [5, 5.41) is 0. The molecule has 1 rings (SSSR count). The molecule has 0 aliphatic carbocycles. The number of anilines is 1. The summed E-state index contributed by atoms with van der Waals surface area (Å²) < 4.78 is 10.1. The normalized spacial score (nSPS) is 11.3. The topological polar surface area (TPSA) is 70.3 Å². The van der Waals surface area contributed by atoms with E-state index in [1.165, 1.54) is 14.2 Å². The first-order valence-corrected chi connectivity index (χ1v) is 4.66. The highest BCUT2D eigenvalue weighted by Crippen LogP contribution is 2.31. The van der Waals surface area contributed by atoms with E-state index < -0.39 is 0 Å². The van der Waals surface area contributed by atoms with Crippen molar-refractivity contribution in [1.82, 2.24) is 9.97 Å². The number of methoxy groups -OCH3 is 2. The van der Waals surface area contributed by atoms with E-state index in [1.54, 1.807) is 0 Å². The second-order valence-corrected chi connectivity index (χ2v) is 4.23. The number of nitrogens with two attached hydrogens (primary N) is 1. The molecular formula is C10H17N3O2. The lowest BCUT2D eigenvalue weighted by Crippen LogP contribution is -2.17. The van der Waals surface area contributed by atoms with Crippen LogP contribution in [-0.2, 0) is 5.41 Å². The van der Waals surface area contributed by atoms with Gasteiger partial charge < -0.3 is 15.2 Å². The molecule has 0 spiro atoms. The van der Waals surface area contributed by atoms with E-state index in [-0.39, 0.29) is 5.41 Å². The SMILES string of the molecule is COc1nc(C(C)(C)C)nc(OC)c1N. The second kappa shape index (κ2) is 3.92. The van der Waals surface area contributed by atoms with Crippen LogP contribution < -0.4 is 15.2 Å². The van der Waals surface area contributed by atoms with Crippen molar-refractivity contribution in [3.8, 4) is 11.8 Å². The zero-order chi connectivity index (χ0) is 11.6. The van der Waals surface area contributed by atoms with Crippen LogP contribution in [0.5, 0.6) is 11.8 Å². The monoisotopic (exact) mass is 211 g/mol. The standard InChI is InChI=1S/C10H17N3O2/c1-10(2,3)9-12-7(14-4)6(11)8(13-9)15-5/h11H2,1-5H3. The Hall–Kier alpha value is -1.52. The Balaban J connectivity index is 3.33. The molecule has 0 fully saturated rings. The molecule has 0 unspecified atom stereocenters. The minimum absolute atomic E-state index is 0.172. The lowest BCUT2D eigenvalue weighted by Gasteiger charge is -2.18. The number of ether oxygens (including phenoxy) is 2. The molecule has 0 aliphatic rings. The van der Waals surface area contributed by atoms with Crippen LogP contribution >= 0.6 is 0 Å². The van der Waals surface area contributed by atoms with E-state index in [2.05, 4.69) is 9.97 Å². The van der Waals surface area contributed by atoms with Gasteiger partial charge in [-0.2, -0.15) is 9.97 Å². The first-order valence-electron chi connectivity index (χ1n) is 4.66. The molecule has 0 aliphatic heterocycles. The van der Waals surface area contributed by atoms with Gasteiger partial charge in [0.25, 0.3) is 0 Å². The third kappa shape index (κ3) is 2.29. The van der Waals surface area contributed by atoms with E-state index in [0.29, 0.717) is 23.3 Å². The van der Waals surface area contributed by atoms with Gasteiger partial charge in [-0.25, -0.2) is 0 Å². The van der Waals surface area contributed by atoms with Crippen molar-refractivity contribution in [3.63, 3.8) is 0 Å². The lowest BCUT2D eigenvalue weighted by atomic mass is 9.96. The van der Waals surface area contributed by atoms with Gasteiger partial charge in [-0.05, 0) is 0 Å². The van der Waals surface area contributed by atoms with Crippen LogP contribution in [0.4, 0.5) is 5.69 Å². The maximum Gasteiger partial charge on any atom is 0.244 e. The van der Waals surface area contributed by atoms with Gasteiger partial charge in [0.2, 0.25) is 11.8 Å². The zero-order valence-electron chi connectivity index (χ0n) is 9.79. The number of hydrogen-bond donors (Lipinski definition) is 1. The highest BCUT2D eigenvalue weighted by molar-refractivity contribution is 5.56. The number of nitrogens with zero attached hydrogens (tertiary/aromatic N) is 2. The predicted octanol–water partition coefficient (Wildman–Crippen LogP) is 1.37. The van der Waals surface area contributed by atoms with Gasteiger partial charge in [0, 0.05) is 5.41 Å². The van der Waals surface area contributed by atoms with E-state index in [9.17, 15) is 0 Å². The molecule has 15 heavy (non-hydrogen) atoms. The summed E-state index contributed by atoms with van der Waals surface area (Å²) in [4.78, 5) is 8.46. The third-order valence-corrected chi connectivity index (χ3v) is 1.93. The largest absolute Gasteiger partial charge is 0.479 e. The average Bonchev–Trinajstić information content (AvgIpc) is 2.16. The molecule has 0 saturated heterocycles. The molecule has 1 heterocycles. The maximum absolute atomic E-state index is 5.74. The molecule has 2 N–H and O–H groups in total. The van der Waals surface area contributed by atoms with Gasteiger partial charge in [0.1, 0.15) is 5.82 Å². The highest BCUT2D eigenvalue weighted by Gasteiger charge is 2.22. The quantitative estimate of drug-likeness (QED) is 0.800. The van der Waals surface area contributed by atoms with E-state index in [1.807, 2.05) is 20.8 Å². The summed E-state index contributed by atoms with van der Waals surface area (Å²) in [5.41, 5.74) is 5.90. The van der Waals surface area contributed by atoms with E-state index >= 15 is 0 Å². The number of nitrogen functional groups attached to an aromatic ring is 1. The Morgan fingerprint density at radius 3 is 1.67 bits per heavy atom. The van der Waals surface area contributed by atoms with Gasteiger partial charge in [0.05, 0.1) is 14.2 Å². The molecular weight excluding hydrogens is 194 g/mol. The van der Waals surface area contributed by atoms with Crippen LogP contribution in [-0.4, -0.2) is 24.2 Å². The van der Waals surface area contributed by atoms with Crippen molar-refractivity contribution in [3.05, 3.63) is 5.82 Å². The zero-order valence-corrected chi connectivity index (χ0v) is 9.79. The summed E-state index contributed by atoms with van der Waals surface area (Å²) in [7, 11) is 3.04. The van der Waals surface area contributed by atoms with Crippen molar-refractivity contribution in [2.75, 3.05) is 20.0 Å². The Kier molecular flexibility index (Phi) is 3.02. The second-order valence-electron chi connectivity index (χ2n) is 4.23. The molecule has 0 radical (unpaired) electrons. The highest BCUT2D eigenvalue weighted by atomic mass is 16.5. The fourth-order valence-corrected chi connectivity index (χ4v) is 1.08. The predicted molar refractivity (Wildman–Crippen MR) is 58.2 cm³/mol. The molecule has 1 aromatic rings. The molecule has 0 bridgehead atoms. The Bertz CT molecular complexity index is 333. The van der Waals surface area contributed by atoms with Crippen LogP contribution in [0.15, 0.2) is 0 Å². The molecule has 84 valence electrons. The molecule has 0 atom stereocenters. The fraction of sp³-hybridized carbons (Fsp3) is 0.600. The van der Waals surface area contributed by atoms with Crippen molar-refractivity contribution in [1.29, 1.82) is 0 Å². The summed E-state index contributed by atoms with van der Waals surface area (Å²) in [6.45, 7) is 6.03. The summed E-state index contributed by atoms with van der Waals surface area (Å²) >= 11 is 0. The molecule has 0 amide bonds. The molecule has 5 heteroatoms. The fourth-order valence-electron chi connectivity index (χ4n) is 1.08. The Morgan fingerprint density at radius 2 is 1.40 bits per heavy atom. The lowest BCUT2D eigenvalue weighted by molar-refractivity contribution is 0.364. The minimum atomic E-state index is -0.172. The van der Waals surface area contributed by atoms with Gasteiger partial charge in [0.15, 0.2) is 5.69 Å². The molecule has 5 nitrogen and oxygen atoms in total. The van der Waals surface area contributed by atoms with Crippen LogP contribution in [0.25, 0.3) is 0 Å². The minimum Gasteiger partial charge on any atom is -0.479 e. The van der Waals surface area contributed by atoms with Crippen LogP contribution in [0.3, 0.4) is 0 Å². The third-order valence-electron chi connectivity index (χ3n) is 1.93. The first kappa shape index (κ1) is 11.6. The van der Waals surface area contributed by atoms with Gasteiger partial charge >= 0.3 is 0 Å². The van der Waals surface area contributed by atoms with Crippen LogP contribution in [0.1, 0.15) is 26.6 Å². The Labute approximate surface area is 89.6 Å². The summed E-state index contributed by atoms with van der Waals surface area (Å²) in [6.07, 6.45) is 0. The molecule has 0 aromatic carbocycles. The van der Waals surface area contributed by atoms with Crippen LogP contribution in [0, 0.1) is 0 Å². The summed E-state index contributed by atoms with van der Waals surface area (Å²) in [6, 6.07) is 0. The van der Waals surface area contributed by atoms with Gasteiger partial charge in [-0.15, -0.1) is 0 Å². The number of hydrogen-bond acceptors (Lipinski definition) is 5. The van der Waals surface area contributed by atoms with E-state index in [4.69, 9.17) is 15.2 Å². The molecule has 1 aromatic heterocycles.